The van der Waals surface area contributed by atoms with Gasteiger partial charge < -0.3 is 0 Å². The smallest absolute Gasteiger partial charge is 0.0536 e. The van der Waals surface area contributed by atoms with Crippen LogP contribution in [0.15, 0.2) is 36.9 Å². The topological polar surface area (TPSA) is 25.8 Å². The third kappa shape index (κ3) is 0.873. The van der Waals surface area contributed by atoms with Gasteiger partial charge >= 0.3 is 0 Å². The summed E-state index contributed by atoms with van der Waals surface area (Å²) in [4.78, 5) is 9.11. The van der Waals surface area contributed by atoms with Crippen LogP contribution in [0.4, 0.5) is 0 Å². The molecule has 0 aromatic carbocycles. The lowest BCUT2D eigenvalue weighted by Crippen LogP contribution is -1.92. The Kier molecular flexibility index (Phi) is 1.49. The molecule has 0 spiro atoms. The zero-order valence-electron chi connectivity index (χ0n) is 7.27. The summed E-state index contributed by atoms with van der Waals surface area (Å²) in [5.74, 6) is 0. The van der Waals surface area contributed by atoms with Crippen LogP contribution in [0.3, 0.4) is 0 Å². The highest BCUT2D eigenvalue weighted by Crippen LogP contribution is 2.35. The molecule has 0 amide bonds. The van der Waals surface area contributed by atoms with Gasteiger partial charge in [-0.25, -0.2) is 0 Å². The average Bonchev–Trinajstić information content (AvgIpc) is 2.55. The molecular formula is C11H6N2S. The van der Waals surface area contributed by atoms with E-state index in [0.717, 1.165) is 27.1 Å². The Morgan fingerprint density at radius 3 is 1.79 bits per heavy atom. The van der Waals surface area contributed by atoms with Crippen molar-refractivity contribution >= 4 is 17.1 Å². The summed E-state index contributed by atoms with van der Waals surface area (Å²) in [7, 11) is 0. The second-order valence-corrected chi connectivity index (χ2v) is 3.58. The van der Waals surface area contributed by atoms with E-state index >= 15 is 0 Å². The van der Waals surface area contributed by atoms with E-state index in [0.29, 0.717) is 0 Å². The van der Waals surface area contributed by atoms with Gasteiger partial charge in [-0.1, -0.05) is 12.2 Å². The van der Waals surface area contributed by atoms with E-state index in [2.05, 4.69) is 9.97 Å². The normalized spacial score (nSPS) is 12.4. The monoisotopic (exact) mass is 198 g/mol. The van der Waals surface area contributed by atoms with Crippen molar-refractivity contribution in [2.45, 2.75) is 0 Å². The second-order valence-electron chi connectivity index (χ2n) is 3.17. The van der Waals surface area contributed by atoms with Gasteiger partial charge in [-0.2, -0.15) is 0 Å². The second kappa shape index (κ2) is 2.69. The highest BCUT2D eigenvalue weighted by molar-refractivity contribution is 7.81. The molecule has 1 aliphatic carbocycles. The van der Waals surface area contributed by atoms with Crippen LogP contribution in [-0.2, 0) is 0 Å². The number of thiocarbonyl (C=S) groups is 1. The summed E-state index contributed by atoms with van der Waals surface area (Å²) in [5, 5.41) is 0. The quantitative estimate of drug-likeness (QED) is 0.518. The first kappa shape index (κ1) is 7.76. The zero-order chi connectivity index (χ0) is 9.54. The lowest BCUT2D eigenvalue weighted by molar-refractivity contribution is 1.30. The van der Waals surface area contributed by atoms with E-state index in [-0.39, 0.29) is 0 Å². The molecule has 2 aromatic rings. The van der Waals surface area contributed by atoms with Crippen LogP contribution in [-0.4, -0.2) is 14.8 Å². The maximum atomic E-state index is 5.37. The summed E-state index contributed by atoms with van der Waals surface area (Å²) >= 11 is 5.37. The van der Waals surface area contributed by atoms with E-state index in [4.69, 9.17) is 12.2 Å². The van der Waals surface area contributed by atoms with E-state index in [1.165, 1.54) is 0 Å². The Balaban J connectivity index is 2.42. The van der Waals surface area contributed by atoms with Crippen LogP contribution < -0.4 is 0 Å². The summed E-state index contributed by atoms with van der Waals surface area (Å²) in [5.41, 5.74) is 4.39. The maximum absolute atomic E-state index is 5.37. The predicted molar refractivity (Wildman–Crippen MR) is 58.3 cm³/mol. The molecule has 2 aromatic heterocycles. The molecule has 2 heterocycles. The van der Waals surface area contributed by atoms with Crippen molar-refractivity contribution in [2.24, 2.45) is 0 Å². The first-order valence-electron chi connectivity index (χ1n) is 4.31. The highest BCUT2D eigenvalue weighted by Gasteiger charge is 2.22. The molecule has 0 unspecified atom stereocenters. The molecule has 14 heavy (non-hydrogen) atoms. The molecule has 3 rings (SSSR count). The van der Waals surface area contributed by atoms with Crippen molar-refractivity contribution < 1.29 is 0 Å². The molecule has 3 heteroatoms. The van der Waals surface area contributed by atoms with Gasteiger partial charge in [0.15, 0.2) is 0 Å². The Bertz CT molecular complexity index is 487. The number of pyridine rings is 2. The molecule has 2 nitrogen and oxygen atoms in total. The third-order valence-corrected chi connectivity index (χ3v) is 2.86. The van der Waals surface area contributed by atoms with Crippen LogP contribution in [0.2, 0.25) is 0 Å². The number of fused-ring (bicyclic) bond motifs is 3. The van der Waals surface area contributed by atoms with Gasteiger partial charge in [-0.05, 0) is 12.1 Å². The van der Waals surface area contributed by atoms with Crippen molar-refractivity contribution in [3.8, 4) is 11.1 Å². The first-order chi connectivity index (χ1) is 6.88. The molecule has 0 saturated carbocycles. The van der Waals surface area contributed by atoms with Gasteiger partial charge in [0.1, 0.15) is 0 Å². The van der Waals surface area contributed by atoms with Crippen molar-refractivity contribution in [3.05, 3.63) is 48.0 Å². The minimum atomic E-state index is 0.903. The van der Waals surface area contributed by atoms with Crippen LogP contribution in [0, 0.1) is 0 Å². The molecule has 0 N–H and O–H groups in total. The van der Waals surface area contributed by atoms with Gasteiger partial charge in [0.25, 0.3) is 0 Å². The molecule has 0 bridgehead atoms. The molecule has 0 fully saturated rings. The van der Waals surface area contributed by atoms with Gasteiger partial charge in [-0.15, -0.1) is 0 Å². The zero-order valence-corrected chi connectivity index (χ0v) is 8.08. The minimum Gasteiger partial charge on any atom is -0.264 e. The van der Waals surface area contributed by atoms with Crippen LogP contribution in [0.5, 0.6) is 0 Å². The average molecular weight is 198 g/mol. The number of hydrogen-bond donors (Lipinski definition) is 0. The molecular weight excluding hydrogens is 192 g/mol. The maximum Gasteiger partial charge on any atom is 0.0536 e. The summed E-state index contributed by atoms with van der Waals surface area (Å²) < 4.78 is 0. The lowest BCUT2D eigenvalue weighted by atomic mass is 10.1. The van der Waals surface area contributed by atoms with Gasteiger partial charge in [0.2, 0.25) is 0 Å². The van der Waals surface area contributed by atoms with Crippen molar-refractivity contribution in [2.75, 3.05) is 0 Å². The SMILES string of the molecule is S=C1c2ccncc2-c2cnccc21. The number of hydrogen-bond acceptors (Lipinski definition) is 3. The van der Waals surface area contributed by atoms with Crippen LogP contribution in [0.1, 0.15) is 11.1 Å². The molecule has 1 aliphatic rings. The third-order valence-electron chi connectivity index (χ3n) is 2.42. The van der Waals surface area contributed by atoms with E-state index < -0.39 is 0 Å². The van der Waals surface area contributed by atoms with Crippen LogP contribution >= 0.6 is 12.2 Å². The Hall–Kier alpha value is -1.61. The Labute approximate surface area is 86.6 Å². The summed E-state index contributed by atoms with van der Waals surface area (Å²) in [6.07, 6.45) is 7.22. The van der Waals surface area contributed by atoms with Crippen molar-refractivity contribution in [1.29, 1.82) is 0 Å². The van der Waals surface area contributed by atoms with Gasteiger partial charge in [0, 0.05) is 47.0 Å². The van der Waals surface area contributed by atoms with Crippen LogP contribution in [0.25, 0.3) is 11.1 Å². The first-order valence-corrected chi connectivity index (χ1v) is 4.72. The number of aromatic nitrogens is 2. The van der Waals surface area contributed by atoms with E-state index in [1.54, 1.807) is 12.4 Å². The van der Waals surface area contributed by atoms with Crippen molar-refractivity contribution in [3.63, 3.8) is 0 Å². The van der Waals surface area contributed by atoms with Crippen molar-refractivity contribution in [1.82, 2.24) is 9.97 Å². The largest absolute Gasteiger partial charge is 0.264 e. The Morgan fingerprint density at radius 1 is 0.786 bits per heavy atom. The molecule has 0 radical (unpaired) electrons. The fraction of sp³-hybridized carbons (Fsp3) is 0. The molecule has 0 aliphatic heterocycles. The Morgan fingerprint density at radius 2 is 1.29 bits per heavy atom. The highest BCUT2D eigenvalue weighted by atomic mass is 32.1. The standard InChI is InChI=1S/C11H6N2S/c14-11-7-1-3-12-5-9(7)10-6-13-4-2-8(10)11/h1-6H. The minimum absolute atomic E-state index is 0.903. The lowest BCUT2D eigenvalue weighted by Gasteiger charge is -1.95. The summed E-state index contributed by atoms with van der Waals surface area (Å²) in [6.45, 7) is 0. The molecule has 0 atom stereocenters. The van der Waals surface area contributed by atoms with E-state index in [1.807, 2.05) is 24.5 Å². The van der Waals surface area contributed by atoms with Gasteiger partial charge in [-0.3, -0.25) is 9.97 Å². The number of nitrogens with zero attached hydrogens (tertiary/aromatic N) is 2. The number of rotatable bonds is 0. The van der Waals surface area contributed by atoms with Gasteiger partial charge in [0.05, 0.1) is 4.86 Å². The fourth-order valence-corrected chi connectivity index (χ4v) is 2.12. The molecule has 66 valence electrons. The molecule has 0 saturated heterocycles. The fourth-order valence-electron chi connectivity index (χ4n) is 1.76. The van der Waals surface area contributed by atoms with E-state index in [9.17, 15) is 0 Å². The predicted octanol–water partition coefficient (Wildman–Crippen LogP) is 2.22. The summed E-state index contributed by atoms with van der Waals surface area (Å²) in [6, 6.07) is 3.91.